The predicted octanol–water partition coefficient (Wildman–Crippen LogP) is 4.29. The summed E-state index contributed by atoms with van der Waals surface area (Å²) in [5.74, 6) is 0.0529. The topological polar surface area (TPSA) is 59.5 Å². The Balaban J connectivity index is 1.37. The summed E-state index contributed by atoms with van der Waals surface area (Å²) >= 11 is 1.55. The molecule has 0 bridgehead atoms. The Kier molecular flexibility index (Phi) is 5.40. The molecule has 5 nitrogen and oxygen atoms in total. The van der Waals surface area contributed by atoms with Crippen molar-refractivity contribution in [1.82, 2.24) is 9.29 Å². The van der Waals surface area contributed by atoms with E-state index in [1.807, 2.05) is 56.3 Å². The lowest BCUT2D eigenvalue weighted by Gasteiger charge is -2.30. The van der Waals surface area contributed by atoms with Crippen LogP contribution < -0.4 is 4.74 Å². The predicted molar refractivity (Wildman–Crippen MR) is 113 cm³/mol. The number of rotatable bonds is 5. The van der Waals surface area contributed by atoms with Gasteiger partial charge in [0.15, 0.2) is 0 Å². The Bertz CT molecular complexity index is 1080. The molecule has 1 aliphatic heterocycles. The standard InChI is InChI=1S/C21H24N2O3S2/c1-15-5-3-7-17(13-15)14-28(24,25)23-11-9-18(10-12-23)26-21-22-20-16(2)6-4-8-19(20)27-21/h3-8,13,18H,9-12,14H2,1-2H3. The maximum atomic E-state index is 12.8. The van der Waals surface area contributed by atoms with Crippen molar-refractivity contribution in [3.05, 3.63) is 59.2 Å². The van der Waals surface area contributed by atoms with Crippen molar-refractivity contribution >= 4 is 31.6 Å². The van der Waals surface area contributed by atoms with Crippen LogP contribution in [0.3, 0.4) is 0 Å². The van der Waals surface area contributed by atoms with Gasteiger partial charge in [-0.2, -0.15) is 0 Å². The van der Waals surface area contributed by atoms with Gasteiger partial charge in [0.1, 0.15) is 6.10 Å². The lowest BCUT2D eigenvalue weighted by molar-refractivity contribution is 0.135. The molecule has 4 rings (SSSR count). The van der Waals surface area contributed by atoms with Crippen LogP contribution in [0.5, 0.6) is 5.19 Å². The normalized spacial score (nSPS) is 16.5. The molecular formula is C21H24N2O3S2. The molecule has 1 aliphatic rings. The summed E-state index contributed by atoms with van der Waals surface area (Å²) < 4.78 is 34.3. The third-order valence-electron chi connectivity index (χ3n) is 5.09. The summed E-state index contributed by atoms with van der Waals surface area (Å²) in [6, 6.07) is 13.8. The van der Waals surface area contributed by atoms with Gasteiger partial charge in [0.25, 0.3) is 5.19 Å². The Morgan fingerprint density at radius 2 is 1.89 bits per heavy atom. The molecule has 0 saturated carbocycles. The average Bonchev–Trinajstić information content (AvgIpc) is 3.06. The maximum absolute atomic E-state index is 12.8. The van der Waals surface area contributed by atoms with Gasteiger partial charge in [-0.3, -0.25) is 0 Å². The average molecular weight is 417 g/mol. The summed E-state index contributed by atoms with van der Waals surface area (Å²) in [6.45, 7) is 5.00. The number of ether oxygens (including phenoxy) is 1. The van der Waals surface area contributed by atoms with Crippen LogP contribution in [0.25, 0.3) is 10.2 Å². The number of nitrogens with zero attached hydrogens (tertiary/aromatic N) is 2. The van der Waals surface area contributed by atoms with Gasteiger partial charge in [0.2, 0.25) is 10.0 Å². The van der Waals surface area contributed by atoms with E-state index in [0.29, 0.717) is 31.1 Å². The highest BCUT2D eigenvalue weighted by Gasteiger charge is 2.29. The van der Waals surface area contributed by atoms with Gasteiger partial charge in [-0.25, -0.2) is 17.7 Å². The highest BCUT2D eigenvalue weighted by molar-refractivity contribution is 7.88. The smallest absolute Gasteiger partial charge is 0.274 e. The second-order valence-corrected chi connectivity index (χ2v) is 10.3. The first-order valence-corrected chi connectivity index (χ1v) is 11.9. The Morgan fingerprint density at radius 3 is 2.61 bits per heavy atom. The van der Waals surface area contributed by atoms with Gasteiger partial charge < -0.3 is 4.74 Å². The molecule has 1 aromatic heterocycles. The van der Waals surface area contributed by atoms with Gasteiger partial charge in [-0.1, -0.05) is 53.3 Å². The van der Waals surface area contributed by atoms with E-state index >= 15 is 0 Å². The number of para-hydroxylation sites is 1. The summed E-state index contributed by atoms with van der Waals surface area (Å²) in [5, 5.41) is 0.672. The van der Waals surface area contributed by atoms with Gasteiger partial charge in [0.05, 0.1) is 16.0 Å². The van der Waals surface area contributed by atoms with E-state index in [2.05, 4.69) is 4.98 Å². The van der Waals surface area contributed by atoms with Crippen molar-refractivity contribution in [3.63, 3.8) is 0 Å². The lowest BCUT2D eigenvalue weighted by atomic mass is 10.1. The zero-order chi connectivity index (χ0) is 19.7. The molecule has 0 spiro atoms. The fourth-order valence-electron chi connectivity index (χ4n) is 3.59. The zero-order valence-corrected chi connectivity index (χ0v) is 17.7. The van der Waals surface area contributed by atoms with Crippen LogP contribution >= 0.6 is 11.3 Å². The number of sulfonamides is 1. The van der Waals surface area contributed by atoms with E-state index in [-0.39, 0.29) is 11.9 Å². The molecule has 0 unspecified atom stereocenters. The highest BCUT2D eigenvalue weighted by Crippen LogP contribution is 2.31. The second-order valence-electron chi connectivity index (χ2n) is 7.36. The first-order valence-electron chi connectivity index (χ1n) is 9.47. The number of hydrogen-bond acceptors (Lipinski definition) is 5. The van der Waals surface area contributed by atoms with E-state index < -0.39 is 10.0 Å². The van der Waals surface area contributed by atoms with E-state index in [1.54, 1.807) is 15.6 Å². The molecule has 1 saturated heterocycles. The Hall–Kier alpha value is -1.96. The summed E-state index contributed by atoms with van der Waals surface area (Å²) in [7, 11) is -3.31. The van der Waals surface area contributed by atoms with Crippen molar-refractivity contribution in [3.8, 4) is 5.19 Å². The van der Waals surface area contributed by atoms with Crippen LogP contribution in [0.15, 0.2) is 42.5 Å². The van der Waals surface area contributed by atoms with Gasteiger partial charge >= 0.3 is 0 Å². The molecule has 148 valence electrons. The van der Waals surface area contributed by atoms with Crippen LogP contribution in [-0.4, -0.2) is 36.9 Å². The summed E-state index contributed by atoms with van der Waals surface area (Å²) in [4.78, 5) is 4.60. The van der Waals surface area contributed by atoms with E-state index in [4.69, 9.17) is 4.74 Å². The van der Waals surface area contributed by atoms with Crippen LogP contribution in [0, 0.1) is 13.8 Å². The molecule has 3 aromatic rings. The fraction of sp³-hybridized carbons (Fsp3) is 0.381. The summed E-state index contributed by atoms with van der Waals surface area (Å²) in [6.07, 6.45) is 1.37. The molecule has 2 aromatic carbocycles. The SMILES string of the molecule is Cc1cccc(CS(=O)(=O)N2CCC(Oc3nc4c(C)cccc4s3)CC2)c1. The number of aromatic nitrogens is 1. The number of aryl methyl sites for hydroxylation is 2. The Morgan fingerprint density at radius 1 is 1.14 bits per heavy atom. The number of fused-ring (bicyclic) bond motifs is 1. The molecule has 0 radical (unpaired) electrons. The van der Waals surface area contributed by atoms with Crippen LogP contribution in [0.1, 0.15) is 29.5 Å². The minimum atomic E-state index is -3.31. The van der Waals surface area contributed by atoms with E-state index in [0.717, 1.165) is 26.9 Å². The van der Waals surface area contributed by atoms with Gasteiger partial charge in [-0.15, -0.1) is 0 Å². The number of benzene rings is 2. The van der Waals surface area contributed by atoms with Crippen molar-refractivity contribution in [2.24, 2.45) is 0 Å². The molecule has 0 atom stereocenters. The molecule has 0 amide bonds. The van der Waals surface area contributed by atoms with Crippen LogP contribution in [0.2, 0.25) is 0 Å². The molecule has 1 fully saturated rings. The molecular weight excluding hydrogens is 392 g/mol. The second kappa shape index (κ2) is 7.81. The van der Waals surface area contributed by atoms with Gasteiger partial charge in [-0.05, 0) is 43.9 Å². The maximum Gasteiger partial charge on any atom is 0.274 e. The molecule has 0 N–H and O–H groups in total. The van der Waals surface area contributed by atoms with Crippen molar-refractivity contribution in [2.45, 2.75) is 38.5 Å². The van der Waals surface area contributed by atoms with E-state index in [1.165, 1.54) is 0 Å². The van der Waals surface area contributed by atoms with Crippen molar-refractivity contribution in [1.29, 1.82) is 0 Å². The third-order valence-corrected chi connectivity index (χ3v) is 7.86. The molecule has 28 heavy (non-hydrogen) atoms. The fourth-order valence-corrected chi connectivity index (χ4v) is 6.10. The molecule has 0 aliphatic carbocycles. The van der Waals surface area contributed by atoms with Crippen LogP contribution in [-0.2, 0) is 15.8 Å². The quantitative estimate of drug-likeness (QED) is 0.623. The monoisotopic (exact) mass is 416 g/mol. The Labute approximate surface area is 170 Å². The zero-order valence-electron chi connectivity index (χ0n) is 16.1. The number of piperidine rings is 1. The van der Waals surface area contributed by atoms with Crippen molar-refractivity contribution < 1.29 is 13.2 Å². The van der Waals surface area contributed by atoms with E-state index in [9.17, 15) is 8.42 Å². The first-order chi connectivity index (χ1) is 13.4. The number of hydrogen-bond donors (Lipinski definition) is 0. The van der Waals surface area contributed by atoms with Crippen LogP contribution in [0.4, 0.5) is 0 Å². The number of thiazole rings is 1. The van der Waals surface area contributed by atoms with Crippen molar-refractivity contribution in [2.75, 3.05) is 13.1 Å². The molecule has 7 heteroatoms. The highest BCUT2D eigenvalue weighted by atomic mass is 32.2. The lowest BCUT2D eigenvalue weighted by Crippen LogP contribution is -2.42. The minimum absolute atomic E-state index is 0.00582. The van der Waals surface area contributed by atoms with Gasteiger partial charge in [0, 0.05) is 13.1 Å². The largest absolute Gasteiger partial charge is 0.467 e. The third kappa shape index (κ3) is 4.21. The minimum Gasteiger partial charge on any atom is -0.467 e. The summed E-state index contributed by atoms with van der Waals surface area (Å²) in [5.41, 5.74) is 4.04. The first kappa shape index (κ1) is 19.4. The molecule has 2 heterocycles.